The van der Waals surface area contributed by atoms with E-state index in [1.54, 1.807) is 31.5 Å². The van der Waals surface area contributed by atoms with Crippen molar-refractivity contribution in [2.75, 3.05) is 25.3 Å². The number of carbonyl (C=O) groups excluding carboxylic acids is 1. The van der Waals surface area contributed by atoms with Crippen LogP contribution < -0.4 is 26.1 Å². The fraction of sp³-hybridized carbons (Fsp3) is 0.333. The van der Waals surface area contributed by atoms with Crippen molar-refractivity contribution in [3.05, 3.63) is 52.8 Å². The lowest BCUT2D eigenvalue weighted by molar-refractivity contribution is 0.0199. The van der Waals surface area contributed by atoms with Crippen LogP contribution in [0.25, 0.3) is 16.4 Å². The second-order valence-corrected chi connectivity index (χ2v) is 9.43. The summed E-state index contributed by atoms with van der Waals surface area (Å²) in [6.07, 6.45) is 6.03. The Labute approximate surface area is 220 Å². The summed E-state index contributed by atoms with van der Waals surface area (Å²) in [7, 11) is 3.15. The molecule has 38 heavy (non-hydrogen) atoms. The van der Waals surface area contributed by atoms with Crippen molar-refractivity contribution in [3.8, 4) is 27.9 Å². The average molecular weight is 540 g/mol. The zero-order valence-electron chi connectivity index (χ0n) is 20.6. The third-order valence-corrected chi connectivity index (χ3v) is 6.88. The van der Waals surface area contributed by atoms with Crippen LogP contribution in [-0.2, 0) is 4.74 Å². The Hall–Kier alpha value is -4.30. The second-order valence-electron chi connectivity index (χ2n) is 8.47. The first kappa shape index (κ1) is 25.4. The van der Waals surface area contributed by atoms with Crippen molar-refractivity contribution < 1.29 is 23.4 Å². The summed E-state index contributed by atoms with van der Waals surface area (Å²) >= 11 is 1.04. The molecule has 1 aliphatic rings. The Balaban J connectivity index is 1.48. The Kier molecular flexibility index (Phi) is 7.33. The van der Waals surface area contributed by atoms with Crippen LogP contribution in [0.5, 0.6) is 11.5 Å². The number of rotatable bonds is 8. The summed E-state index contributed by atoms with van der Waals surface area (Å²) in [5, 5.41) is 15.1. The van der Waals surface area contributed by atoms with E-state index >= 15 is 0 Å². The number of amides is 1. The molecule has 4 heterocycles. The number of methoxy groups -OCH3 is 2. The molecule has 4 aromatic heterocycles. The molecular formula is C24H25N7O6S. The van der Waals surface area contributed by atoms with Gasteiger partial charge in [0.1, 0.15) is 23.4 Å². The molecule has 14 heteroatoms. The van der Waals surface area contributed by atoms with Gasteiger partial charge in [-0.25, -0.2) is 4.79 Å². The van der Waals surface area contributed by atoms with E-state index in [1.165, 1.54) is 24.1 Å². The van der Waals surface area contributed by atoms with Gasteiger partial charge in [0.2, 0.25) is 16.0 Å². The molecule has 2 atom stereocenters. The molecule has 3 N–H and O–H groups in total. The maximum Gasteiger partial charge on any atom is 0.379 e. The van der Waals surface area contributed by atoms with Gasteiger partial charge in [0.15, 0.2) is 5.76 Å². The first-order valence-corrected chi connectivity index (χ1v) is 12.6. The molecule has 13 nitrogen and oxygen atoms in total. The van der Waals surface area contributed by atoms with E-state index in [-0.39, 0.29) is 34.4 Å². The van der Waals surface area contributed by atoms with E-state index in [1.807, 2.05) is 0 Å². The van der Waals surface area contributed by atoms with Crippen molar-refractivity contribution in [3.63, 3.8) is 0 Å². The largest absolute Gasteiger partial charge is 0.494 e. The van der Waals surface area contributed by atoms with E-state index in [0.29, 0.717) is 28.8 Å². The topological polar surface area (TPSA) is 170 Å². The van der Waals surface area contributed by atoms with Crippen molar-refractivity contribution >= 4 is 28.2 Å². The highest BCUT2D eigenvalue weighted by Gasteiger charge is 2.28. The van der Waals surface area contributed by atoms with Crippen LogP contribution in [0.4, 0.5) is 10.9 Å². The highest BCUT2D eigenvalue weighted by atomic mass is 32.1. The number of nitrogens with zero attached hydrogens (tertiary/aromatic N) is 5. The van der Waals surface area contributed by atoms with Crippen LogP contribution in [0.15, 0.2) is 45.9 Å². The number of nitrogens with two attached hydrogens (primary N) is 1. The van der Waals surface area contributed by atoms with Crippen molar-refractivity contribution in [1.82, 2.24) is 25.0 Å². The number of nitrogens with one attached hydrogen (secondary N) is 1. The molecule has 1 amide bonds. The summed E-state index contributed by atoms with van der Waals surface area (Å²) in [4.78, 5) is 30.7. The Morgan fingerprint density at radius 1 is 1.21 bits per heavy atom. The van der Waals surface area contributed by atoms with Gasteiger partial charge in [0.25, 0.3) is 5.91 Å². The predicted molar refractivity (Wildman–Crippen MR) is 138 cm³/mol. The third kappa shape index (κ3) is 5.21. The van der Waals surface area contributed by atoms with E-state index in [4.69, 9.17) is 24.4 Å². The zero-order valence-corrected chi connectivity index (χ0v) is 21.4. The van der Waals surface area contributed by atoms with Crippen LogP contribution in [0, 0.1) is 0 Å². The minimum absolute atomic E-state index is 0.0348. The summed E-state index contributed by atoms with van der Waals surface area (Å²) in [6, 6.07) is 6.41. The molecule has 5 rings (SSSR count). The molecule has 4 aromatic rings. The standard InChI is InChI=1S/C24H25N7O6S/c1-34-13-5-3-6-14(11-13)36-20-15(19-16(35-2)7-4-9-26-19)12-17(37-22(20)33)21(32)28-23-29-30-24(38-23)31-18(25)8-10-27-31/h4,7-10,12-14H,3,5-6,11,25H2,1-2H3,(H,28,29,32)/t13-,14+/m0/s1. The molecule has 0 aromatic carbocycles. The monoisotopic (exact) mass is 539 g/mol. The molecule has 0 saturated heterocycles. The van der Waals surface area contributed by atoms with Gasteiger partial charge in [-0.1, -0.05) is 11.3 Å². The van der Waals surface area contributed by atoms with Crippen LogP contribution in [0.1, 0.15) is 36.2 Å². The van der Waals surface area contributed by atoms with Crippen LogP contribution in [0.2, 0.25) is 0 Å². The van der Waals surface area contributed by atoms with Gasteiger partial charge < -0.3 is 24.4 Å². The quantitative estimate of drug-likeness (QED) is 0.337. The Bertz CT molecular complexity index is 1500. The molecule has 0 bridgehead atoms. The van der Waals surface area contributed by atoms with Gasteiger partial charge in [-0.2, -0.15) is 9.78 Å². The molecule has 1 saturated carbocycles. The SMILES string of the molecule is COc1cccnc1-c1cc(C(=O)Nc2nnc(-n3nccc3N)s2)oc(=O)c1O[C@@H]1CCC[C@H](OC)C1. The Morgan fingerprint density at radius 3 is 2.82 bits per heavy atom. The highest BCUT2D eigenvalue weighted by molar-refractivity contribution is 7.17. The fourth-order valence-electron chi connectivity index (χ4n) is 4.21. The number of ether oxygens (including phenoxy) is 3. The molecule has 0 spiro atoms. The first-order valence-electron chi connectivity index (χ1n) is 11.8. The van der Waals surface area contributed by atoms with Gasteiger partial charge in [0, 0.05) is 31.9 Å². The van der Waals surface area contributed by atoms with Gasteiger partial charge in [-0.05, 0) is 31.4 Å². The third-order valence-electron chi connectivity index (χ3n) is 6.06. The average Bonchev–Trinajstić information content (AvgIpc) is 3.58. The smallest absolute Gasteiger partial charge is 0.379 e. The number of carbonyl (C=O) groups is 1. The minimum Gasteiger partial charge on any atom is -0.494 e. The molecule has 0 aliphatic heterocycles. The van der Waals surface area contributed by atoms with E-state index < -0.39 is 11.5 Å². The summed E-state index contributed by atoms with van der Waals surface area (Å²) in [5.41, 5.74) is 5.63. The number of pyridine rings is 1. The molecule has 0 radical (unpaired) electrons. The molecule has 0 unspecified atom stereocenters. The van der Waals surface area contributed by atoms with Gasteiger partial charge in [-0.3, -0.25) is 15.1 Å². The summed E-state index contributed by atoms with van der Waals surface area (Å²) < 4.78 is 23.9. The van der Waals surface area contributed by atoms with E-state index in [0.717, 1.165) is 30.6 Å². The van der Waals surface area contributed by atoms with E-state index in [9.17, 15) is 9.59 Å². The fourth-order valence-corrected chi connectivity index (χ4v) is 4.93. The number of aromatic nitrogens is 5. The molecule has 198 valence electrons. The van der Waals surface area contributed by atoms with Crippen molar-refractivity contribution in [2.45, 2.75) is 37.9 Å². The maximum atomic E-state index is 13.2. The molecule has 1 fully saturated rings. The van der Waals surface area contributed by atoms with Crippen LogP contribution in [0.3, 0.4) is 0 Å². The van der Waals surface area contributed by atoms with E-state index in [2.05, 4.69) is 25.6 Å². The van der Waals surface area contributed by atoms with Gasteiger partial charge in [0.05, 0.1) is 25.0 Å². The number of hydrogen-bond acceptors (Lipinski definition) is 12. The van der Waals surface area contributed by atoms with Crippen LogP contribution >= 0.6 is 11.3 Å². The first-order chi connectivity index (χ1) is 18.5. The van der Waals surface area contributed by atoms with Gasteiger partial charge in [-0.15, -0.1) is 10.2 Å². The minimum atomic E-state index is -0.817. The number of anilines is 2. The zero-order chi connectivity index (χ0) is 26.6. The predicted octanol–water partition coefficient (Wildman–Crippen LogP) is 2.92. The second kappa shape index (κ2) is 11.0. The van der Waals surface area contributed by atoms with Crippen molar-refractivity contribution in [1.29, 1.82) is 0 Å². The summed E-state index contributed by atoms with van der Waals surface area (Å²) in [5.74, 6) is -0.257. The lowest BCUT2D eigenvalue weighted by atomic mass is 9.95. The summed E-state index contributed by atoms with van der Waals surface area (Å²) in [6.45, 7) is 0. The normalized spacial score (nSPS) is 17.2. The number of hydrogen-bond donors (Lipinski definition) is 2. The van der Waals surface area contributed by atoms with Crippen LogP contribution in [-0.4, -0.2) is 57.3 Å². The van der Waals surface area contributed by atoms with Crippen molar-refractivity contribution in [2.24, 2.45) is 0 Å². The molecular weight excluding hydrogens is 514 g/mol. The highest BCUT2D eigenvalue weighted by Crippen LogP contribution is 2.35. The maximum absolute atomic E-state index is 13.2. The molecule has 1 aliphatic carbocycles. The Morgan fingerprint density at radius 2 is 2.05 bits per heavy atom. The lowest BCUT2D eigenvalue weighted by Gasteiger charge is -2.28. The van der Waals surface area contributed by atoms with Gasteiger partial charge >= 0.3 is 5.63 Å². The number of nitrogen functional groups attached to an aromatic ring is 1. The lowest BCUT2D eigenvalue weighted by Crippen LogP contribution is -2.31.